The molecule has 0 saturated carbocycles. The lowest BCUT2D eigenvalue weighted by atomic mass is 10.3. The van der Waals surface area contributed by atoms with E-state index in [1.54, 1.807) is 22.4 Å². The topological polar surface area (TPSA) is 49.4 Å². The molecule has 0 radical (unpaired) electrons. The first-order valence-corrected chi connectivity index (χ1v) is 9.17. The Morgan fingerprint density at radius 1 is 1.35 bits per heavy atom. The second-order valence-corrected chi connectivity index (χ2v) is 7.37. The SMILES string of the molecule is C=CCN(Cc1ccc(Cl)s1)C(=O)CCNC(=O)c1ccsc1. The Balaban J connectivity index is 1.83. The maximum Gasteiger partial charge on any atom is 0.252 e. The van der Waals surface area contributed by atoms with Crippen molar-refractivity contribution in [3.05, 3.63) is 56.4 Å². The van der Waals surface area contributed by atoms with Crippen LogP contribution in [0.25, 0.3) is 0 Å². The minimum atomic E-state index is -0.153. The Morgan fingerprint density at radius 3 is 2.78 bits per heavy atom. The molecule has 0 spiro atoms. The number of hydrogen-bond donors (Lipinski definition) is 1. The van der Waals surface area contributed by atoms with Gasteiger partial charge in [0.25, 0.3) is 5.91 Å². The number of nitrogens with zero attached hydrogens (tertiary/aromatic N) is 1. The number of hydrogen-bond acceptors (Lipinski definition) is 4. The van der Waals surface area contributed by atoms with Crippen LogP contribution in [-0.4, -0.2) is 29.8 Å². The quantitative estimate of drug-likeness (QED) is 0.720. The molecular formula is C16H17ClN2O2S2. The second-order valence-electron chi connectivity index (χ2n) is 4.79. The van der Waals surface area contributed by atoms with Crippen LogP contribution in [0.4, 0.5) is 0 Å². The molecule has 1 N–H and O–H groups in total. The number of carbonyl (C=O) groups excluding carboxylic acids is 2. The van der Waals surface area contributed by atoms with Gasteiger partial charge in [-0.25, -0.2) is 0 Å². The van der Waals surface area contributed by atoms with Crippen LogP contribution in [0.1, 0.15) is 21.7 Å². The smallest absolute Gasteiger partial charge is 0.252 e. The first-order valence-electron chi connectivity index (χ1n) is 7.03. The van der Waals surface area contributed by atoms with Crippen molar-refractivity contribution in [2.75, 3.05) is 13.1 Å². The predicted molar refractivity (Wildman–Crippen MR) is 96.2 cm³/mol. The van der Waals surface area contributed by atoms with Gasteiger partial charge in [-0.1, -0.05) is 17.7 Å². The third-order valence-corrected chi connectivity index (χ3v) is 4.98. The molecule has 2 aromatic rings. The van der Waals surface area contributed by atoms with Crippen molar-refractivity contribution in [2.45, 2.75) is 13.0 Å². The van der Waals surface area contributed by atoms with Crippen molar-refractivity contribution in [1.29, 1.82) is 0 Å². The molecule has 0 aromatic carbocycles. The van der Waals surface area contributed by atoms with Gasteiger partial charge >= 0.3 is 0 Å². The monoisotopic (exact) mass is 368 g/mol. The summed E-state index contributed by atoms with van der Waals surface area (Å²) in [6, 6.07) is 5.49. The van der Waals surface area contributed by atoms with E-state index in [2.05, 4.69) is 11.9 Å². The summed E-state index contributed by atoms with van der Waals surface area (Å²) in [5.74, 6) is -0.181. The standard InChI is InChI=1S/C16H17ClN2O2S2/c1-2-8-19(10-13-3-4-14(17)23-13)15(20)5-7-18-16(21)12-6-9-22-11-12/h2-4,6,9,11H,1,5,7-8,10H2,(H,18,21). The van der Waals surface area contributed by atoms with E-state index < -0.39 is 0 Å². The fourth-order valence-corrected chi connectivity index (χ4v) is 3.71. The van der Waals surface area contributed by atoms with Gasteiger partial charge in [0.2, 0.25) is 5.91 Å². The first-order chi connectivity index (χ1) is 11.1. The third-order valence-electron chi connectivity index (χ3n) is 3.09. The van der Waals surface area contributed by atoms with Gasteiger partial charge in [-0.15, -0.1) is 17.9 Å². The molecule has 0 aliphatic heterocycles. The van der Waals surface area contributed by atoms with Gasteiger partial charge in [-0.05, 0) is 23.6 Å². The lowest BCUT2D eigenvalue weighted by Gasteiger charge is -2.20. The summed E-state index contributed by atoms with van der Waals surface area (Å²) in [6.45, 7) is 4.96. The largest absolute Gasteiger partial charge is 0.351 e. The van der Waals surface area contributed by atoms with E-state index in [0.717, 1.165) is 4.88 Å². The van der Waals surface area contributed by atoms with Crippen LogP contribution in [0.5, 0.6) is 0 Å². The molecule has 0 aliphatic carbocycles. The van der Waals surface area contributed by atoms with Crippen LogP contribution >= 0.6 is 34.3 Å². The molecule has 2 aromatic heterocycles. The fourth-order valence-electron chi connectivity index (χ4n) is 1.97. The Labute approximate surface area is 148 Å². The molecule has 2 amide bonds. The zero-order chi connectivity index (χ0) is 16.7. The zero-order valence-corrected chi connectivity index (χ0v) is 14.8. The van der Waals surface area contributed by atoms with Crippen molar-refractivity contribution in [1.82, 2.24) is 10.2 Å². The van der Waals surface area contributed by atoms with E-state index in [4.69, 9.17) is 11.6 Å². The van der Waals surface area contributed by atoms with Gasteiger partial charge in [0.05, 0.1) is 10.9 Å². The van der Waals surface area contributed by atoms with E-state index in [-0.39, 0.29) is 18.2 Å². The van der Waals surface area contributed by atoms with Crippen molar-refractivity contribution >= 4 is 46.1 Å². The minimum Gasteiger partial charge on any atom is -0.351 e. The lowest BCUT2D eigenvalue weighted by Crippen LogP contribution is -2.34. The summed E-state index contributed by atoms with van der Waals surface area (Å²) in [7, 11) is 0. The highest BCUT2D eigenvalue weighted by molar-refractivity contribution is 7.16. The number of amides is 2. The predicted octanol–water partition coefficient (Wildman–Crippen LogP) is 3.80. The van der Waals surface area contributed by atoms with Gasteiger partial charge in [0.15, 0.2) is 0 Å². The maximum absolute atomic E-state index is 12.3. The average Bonchev–Trinajstić information content (AvgIpc) is 3.18. The van der Waals surface area contributed by atoms with Crippen LogP contribution in [-0.2, 0) is 11.3 Å². The van der Waals surface area contributed by atoms with Gasteiger partial charge in [0, 0.05) is 35.3 Å². The number of rotatable bonds is 8. The molecule has 122 valence electrons. The highest BCUT2D eigenvalue weighted by atomic mass is 35.5. The number of carbonyl (C=O) groups is 2. The molecule has 2 rings (SSSR count). The van der Waals surface area contributed by atoms with E-state index in [1.165, 1.54) is 22.7 Å². The summed E-state index contributed by atoms with van der Waals surface area (Å²) >= 11 is 8.84. The highest BCUT2D eigenvalue weighted by Crippen LogP contribution is 2.22. The van der Waals surface area contributed by atoms with Crippen LogP contribution in [0.15, 0.2) is 41.6 Å². The first kappa shape index (κ1) is 17.7. The molecule has 0 aliphatic rings. The summed E-state index contributed by atoms with van der Waals surface area (Å²) in [5.41, 5.74) is 0.624. The molecule has 23 heavy (non-hydrogen) atoms. The van der Waals surface area contributed by atoms with E-state index in [1.807, 2.05) is 17.5 Å². The molecule has 0 bridgehead atoms. The summed E-state index contributed by atoms with van der Waals surface area (Å²) in [4.78, 5) is 26.9. The molecule has 4 nitrogen and oxygen atoms in total. The summed E-state index contributed by atoms with van der Waals surface area (Å²) in [6.07, 6.45) is 1.94. The van der Waals surface area contributed by atoms with Crippen molar-refractivity contribution in [3.8, 4) is 0 Å². The van der Waals surface area contributed by atoms with Gasteiger partial charge in [-0.2, -0.15) is 11.3 Å². The Morgan fingerprint density at radius 2 is 2.17 bits per heavy atom. The molecule has 7 heteroatoms. The molecule has 2 heterocycles. The Bertz CT molecular complexity index is 667. The van der Waals surface area contributed by atoms with Crippen molar-refractivity contribution in [3.63, 3.8) is 0 Å². The van der Waals surface area contributed by atoms with E-state index in [0.29, 0.717) is 29.5 Å². The van der Waals surface area contributed by atoms with Gasteiger partial charge in [0.1, 0.15) is 0 Å². The summed E-state index contributed by atoms with van der Waals surface area (Å²) in [5, 5.41) is 6.38. The maximum atomic E-state index is 12.3. The van der Waals surface area contributed by atoms with Crippen LogP contribution in [0, 0.1) is 0 Å². The van der Waals surface area contributed by atoms with Crippen LogP contribution < -0.4 is 5.32 Å². The molecule has 0 unspecified atom stereocenters. The zero-order valence-electron chi connectivity index (χ0n) is 12.5. The van der Waals surface area contributed by atoms with Crippen LogP contribution in [0.3, 0.4) is 0 Å². The number of thiophene rings is 2. The minimum absolute atomic E-state index is 0.0277. The number of nitrogens with one attached hydrogen (secondary N) is 1. The van der Waals surface area contributed by atoms with Gasteiger partial charge in [-0.3, -0.25) is 9.59 Å². The van der Waals surface area contributed by atoms with Crippen LogP contribution in [0.2, 0.25) is 4.34 Å². The molecular weight excluding hydrogens is 352 g/mol. The van der Waals surface area contributed by atoms with E-state index in [9.17, 15) is 9.59 Å². The Kier molecular flexibility index (Phi) is 6.83. The average molecular weight is 369 g/mol. The molecule has 0 fully saturated rings. The normalized spacial score (nSPS) is 10.3. The van der Waals surface area contributed by atoms with Crippen molar-refractivity contribution in [2.24, 2.45) is 0 Å². The highest BCUT2D eigenvalue weighted by Gasteiger charge is 2.14. The van der Waals surface area contributed by atoms with Crippen molar-refractivity contribution < 1.29 is 9.59 Å². The second kappa shape index (κ2) is 8.86. The van der Waals surface area contributed by atoms with Gasteiger partial charge < -0.3 is 10.2 Å². The number of halogens is 1. The fraction of sp³-hybridized carbons (Fsp3) is 0.250. The third kappa shape index (κ3) is 5.49. The lowest BCUT2D eigenvalue weighted by molar-refractivity contribution is -0.131. The Hall–Kier alpha value is -1.63. The summed E-state index contributed by atoms with van der Waals surface area (Å²) < 4.78 is 0.703. The molecule has 0 atom stereocenters. The molecule has 0 saturated heterocycles. The van der Waals surface area contributed by atoms with E-state index >= 15 is 0 Å².